The average molecular weight is 358 g/mol. The van der Waals surface area contributed by atoms with Gasteiger partial charge in [0.05, 0.1) is 35.6 Å². The first-order valence-electron chi connectivity index (χ1n) is 7.43. The van der Waals surface area contributed by atoms with Gasteiger partial charge in [-0.25, -0.2) is 0 Å². The van der Waals surface area contributed by atoms with Crippen LogP contribution in [0.3, 0.4) is 0 Å². The van der Waals surface area contributed by atoms with Crippen LogP contribution in [-0.4, -0.2) is 19.8 Å². The van der Waals surface area contributed by atoms with E-state index in [1.54, 1.807) is 12.1 Å². The van der Waals surface area contributed by atoms with E-state index in [-0.39, 0.29) is 21.1 Å². The first kappa shape index (κ1) is 16.8. The van der Waals surface area contributed by atoms with Gasteiger partial charge in [-0.1, -0.05) is 48.6 Å². The van der Waals surface area contributed by atoms with Crippen LogP contribution in [0.1, 0.15) is 25.8 Å². The topological polar surface area (TPSA) is 76.5 Å². The molecule has 3 saturated heterocycles. The Morgan fingerprint density at radius 1 is 1.22 bits per heavy atom. The van der Waals surface area contributed by atoms with E-state index in [1.165, 1.54) is 0 Å². The van der Waals surface area contributed by atoms with E-state index in [1.807, 2.05) is 0 Å². The van der Waals surface area contributed by atoms with Gasteiger partial charge in [-0.05, 0) is 23.6 Å². The molecule has 124 valence electrons. The maximum absolute atomic E-state index is 8.56. The summed E-state index contributed by atoms with van der Waals surface area (Å²) in [4.78, 5) is 2.72. The molecule has 0 amide bonds. The summed E-state index contributed by atoms with van der Waals surface area (Å²) >= 11 is 12.3. The Hall–Kier alpha value is -1.01. The molecule has 8 heteroatoms. The monoisotopic (exact) mass is 357 g/mol. The molecule has 23 heavy (non-hydrogen) atoms. The molecule has 6 nitrogen and oxygen atoms in total. The molecule has 1 aromatic rings. The van der Waals surface area contributed by atoms with Gasteiger partial charge >= 0.3 is 5.97 Å². The number of halogens is 2. The fraction of sp³-hybridized carbons (Fsp3) is 0.600. The average Bonchev–Trinajstić information content (AvgIpc) is 2.58. The van der Waals surface area contributed by atoms with Crippen LogP contribution < -0.4 is 0 Å². The summed E-state index contributed by atoms with van der Waals surface area (Å²) in [6, 6.07) is 3.19. The molecule has 0 N–H and O–H groups in total. The smallest absolute Gasteiger partial charge is 0.312 e. The lowest BCUT2D eigenvalue weighted by Crippen LogP contribution is -2.60. The molecule has 0 aromatic heterocycles. The lowest BCUT2D eigenvalue weighted by atomic mass is 9.75. The molecule has 1 atom stereocenters. The molecule has 3 fully saturated rings. The molecular weight excluding hydrogens is 341 g/mol. The molecule has 0 aliphatic carbocycles. The normalized spacial score (nSPS) is 30.8. The molecule has 2 bridgehead atoms. The van der Waals surface area contributed by atoms with Crippen LogP contribution in [0.25, 0.3) is 10.4 Å². The van der Waals surface area contributed by atoms with Gasteiger partial charge in [-0.2, -0.15) is 0 Å². The van der Waals surface area contributed by atoms with Crippen molar-refractivity contribution in [2.75, 3.05) is 19.8 Å². The van der Waals surface area contributed by atoms with Gasteiger partial charge in [0, 0.05) is 15.9 Å². The number of nitrogens with zero attached hydrogens (tertiary/aromatic N) is 3. The summed E-state index contributed by atoms with van der Waals surface area (Å²) in [6.07, 6.45) is 1.03. The predicted molar refractivity (Wildman–Crippen MR) is 86.7 cm³/mol. The lowest BCUT2D eigenvalue weighted by molar-refractivity contribution is -0.485. The summed E-state index contributed by atoms with van der Waals surface area (Å²) < 4.78 is 17.8. The Morgan fingerprint density at radius 3 is 2.17 bits per heavy atom. The van der Waals surface area contributed by atoms with Crippen molar-refractivity contribution >= 4 is 28.9 Å². The second-order valence-corrected chi connectivity index (χ2v) is 6.89. The van der Waals surface area contributed by atoms with Crippen molar-refractivity contribution in [2.24, 2.45) is 16.4 Å². The summed E-state index contributed by atoms with van der Waals surface area (Å²) in [5, 5.41) is 3.93. The molecule has 1 unspecified atom stereocenters. The summed E-state index contributed by atoms with van der Waals surface area (Å²) in [7, 11) is 0. The number of benzene rings is 1. The van der Waals surface area contributed by atoms with Crippen LogP contribution in [0, 0.1) is 11.3 Å². The Bertz CT molecular complexity index is 628. The van der Waals surface area contributed by atoms with Crippen molar-refractivity contribution < 1.29 is 14.2 Å². The van der Waals surface area contributed by atoms with Crippen molar-refractivity contribution in [3.8, 4) is 0 Å². The molecule has 3 aliphatic rings. The first-order chi connectivity index (χ1) is 11.0. The van der Waals surface area contributed by atoms with Gasteiger partial charge in [0.2, 0.25) is 0 Å². The number of hydrogen-bond donors (Lipinski definition) is 0. The van der Waals surface area contributed by atoms with Crippen molar-refractivity contribution in [3.63, 3.8) is 0 Å². The van der Waals surface area contributed by atoms with Crippen LogP contribution in [0.4, 0.5) is 5.69 Å². The second-order valence-electron chi connectivity index (χ2n) is 6.07. The molecule has 0 saturated carbocycles. The van der Waals surface area contributed by atoms with E-state index in [0.717, 1.165) is 6.42 Å². The van der Waals surface area contributed by atoms with Crippen molar-refractivity contribution in [1.82, 2.24) is 0 Å². The minimum Gasteiger partial charge on any atom is -0.323 e. The minimum atomic E-state index is -1.29. The Kier molecular flexibility index (Phi) is 4.49. The van der Waals surface area contributed by atoms with E-state index in [2.05, 4.69) is 23.9 Å². The van der Waals surface area contributed by atoms with Crippen LogP contribution >= 0.6 is 23.2 Å². The van der Waals surface area contributed by atoms with Crippen LogP contribution in [0.15, 0.2) is 17.2 Å². The van der Waals surface area contributed by atoms with E-state index < -0.39 is 5.97 Å². The van der Waals surface area contributed by atoms with Gasteiger partial charge in [0.1, 0.15) is 0 Å². The molecule has 0 spiro atoms. The molecule has 3 heterocycles. The van der Waals surface area contributed by atoms with Crippen molar-refractivity contribution in [2.45, 2.75) is 26.2 Å². The molecule has 4 rings (SSSR count). The third-order valence-electron chi connectivity index (χ3n) is 4.82. The van der Waals surface area contributed by atoms with E-state index in [4.69, 9.17) is 42.9 Å². The Balaban J connectivity index is 1.92. The Labute approximate surface area is 144 Å². The quantitative estimate of drug-likeness (QED) is 0.424. The molecule has 0 radical (unpaired) electrons. The number of azide groups is 1. The minimum absolute atomic E-state index is 0.116. The number of rotatable bonds is 4. The summed E-state index contributed by atoms with van der Waals surface area (Å²) in [5.74, 6) is -0.863. The maximum atomic E-state index is 8.56. The molecule has 1 aromatic carbocycles. The largest absolute Gasteiger partial charge is 0.323 e. The van der Waals surface area contributed by atoms with Crippen LogP contribution in [0.2, 0.25) is 10.0 Å². The SMILES string of the molecule is CCC(C)C12COC(c3cc(Cl)c(N=[N+]=[N-])c(Cl)c3)(OC1)OC2. The third-order valence-corrected chi connectivity index (χ3v) is 5.40. The lowest BCUT2D eigenvalue weighted by Gasteiger charge is -2.54. The standard InChI is InChI=1S/C15H17Cl2N3O3/c1-3-9(2)14-6-21-15(22-7-14,23-8-14)10-4-11(16)13(19-20-18)12(17)5-10/h4-5,9H,3,6-8H2,1-2H3. The highest BCUT2D eigenvalue weighted by Gasteiger charge is 2.55. The van der Waals surface area contributed by atoms with Gasteiger partial charge in [-0.15, -0.1) is 0 Å². The Morgan fingerprint density at radius 2 is 1.74 bits per heavy atom. The highest BCUT2D eigenvalue weighted by atomic mass is 35.5. The first-order valence-corrected chi connectivity index (χ1v) is 8.18. The van der Waals surface area contributed by atoms with E-state index in [9.17, 15) is 0 Å². The van der Waals surface area contributed by atoms with Gasteiger partial charge < -0.3 is 14.2 Å². The highest BCUT2D eigenvalue weighted by molar-refractivity contribution is 6.38. The maximum Gasteiger partial charge on any atom is 0.312 e. The number of hydrogen-bond acceptors (Lipinski definition) is 4. The van der Waals surface area contributed by atoms with E-state index in [0.29, 0.717) is 31.3 Å². The van der Waals surface area contributed by atoms with Crippen molar-refractivity contribution in [3.05, 3.63) is 38.2 Å². The zero-order chi connectivity index (χ0) is 16.7. The molecule has 3 aliphatic heterocycles. The highest BCUT2D eigenvalue weighted by Crippen LogP contribution is 2.49. The van der Waals surface area contributed by atoms with E-state index >= 15 is 0 Å². The summed E-state index contributed by atoms with van der Waals surface area (Å²) in [5.41, 5.74) is 9.18. The van der Waals surface area contributed by atoms with Crippen LogP contribution in [0.5, 0.6) is 0 Å². The zero-order valence-electron chi connectivity index (χ0n) is 12.9. The summed E-state index contributed by atoms with van der Waals surface area (Å²) in [6.45, 7) is 5.97. The third kappa shape index (κ3) is 2.70. The number of ether oxygens (including phenoxy) is 3. The second kappa shape index (κ2) is 6.13. The number of fused-ring (bicyclic) bond motifs is 3. The van der Waals surface area contributed by atoms with Crippen molar-refractivity contribution in [1.29, 1.82) is 0 Å². The fourth-order valence-corrected chi connectivity index (χ4v) is 3.52. The molecular formula is C15H17Cl2N3O3. The fourth-order valence-electron chi connectivity index (χ4n) is 2.96. The van der Waals surface area contributed by atoms with Gasteiger partial charge in [0.15, 0.2) is 0 Å². The van der Waals surface area contributed by atoms with Gasteiger partial charge in [-0.3, -0.25) is 0 Å². The van der Waals surface area contributed by atoms with Crippen LogP contribution in [-0.2, 0) is 20.2 Å². The van der Waals surface area contributed by atoms with Gasteiger partial charge in [0.25, 0.3) is 0 Å². The zero-order valence-corrected chi connectivity index (χ0v) is 14.4. The predicted octanol–water partition coefficient (Wildman–Crippen LogP) is 5.16.